The van der Waals surface area contributed by atoms with Crippen molar-refractivity contribution in [3.8, 4) is 0 Å². The fourth-order valence-electron chi connectivity index (χ4n) is 1.74. The molecular weight excluding hydrogens is 386 g/mol. The van der Waals surface area contributed by atoms with Gasteiger partial charge in [0.15, 0.2) is 5.78 Å². The molecule has 0 unspecified atom stereocenters. The lowest BCUT2D eigenvalue weighted by atomic mass is 10.0. The number of carbonyl (C=O) groups is 2. The van der Waals surface area contributed by atoms with E-state index in [1.807, 2.05) is 12.1 Å². The lowest BCUT2D eigenvalue weighted by Gasteiger charge is -2.06. The second kappa shape index (κ2) is 6.33. The third-order valence-corrected chi connectivity index (χ3v) is 3.79. The first-order valence-electron chi connectivity index (χ1n) is 5.85. The molecule has 0 bridgehead atoms. The maximum atomic E-state index is 12.4. The average Bonchev–Trinajstić information content (AvgIpc) is 2.38. The van der Waals surface area contributed by atoms with Crippen LogP contribution in [0.2, 0.25) is 0 Å². The molecule has 1 amide bonds. The Morgan fingerprint density at radius 3 is 2.20 bits per heavy atom. The van der Waals surface area contributed by atoms with Crippen molar-refractivity contribution in [2.45, 2.75) is 6.92 Å². The Bertz CT molecular complexity index is 666. The summed E-state index contributed by atoms with van der Waals surface area (Å²) in [7, 11) is 0. The van der Waals surface area contributed by atoms with Crippen LogP contribution in [0.25, 0.3) is 0 Å². The van der Waals surface area contributed by atoms with Gasteiger partial charge in [0.05, 0.1) is 0 Å². The topological polar surface area (TPSA) is 46.2 Å². The summed E-state index contributed by atoms with van der Waals surface area (Å²) in [4.78, 5) is 23.3. The van der Waals surface area contributed by atoms with Gasteiger partial charge < -0.3 is 5.32 Å². The maximum absolute atomic E-state index is 12.4. The molecule has 2 rings (SSSR count). The fourth-order valence-corrected chi connectivity index (χ4v) is 2.96. The van der Waals surface area contributed by atoms with Gasteiger partial charge in [0.25, 0.3) is 0 Å². The normalized spacial score (nSPS) is 10.2. The molecule has 3 nitrogen and oxygen atoms in total. The summed E-state index contributed by atoms with van der Waals surface area (Å²) in [5.74, 6) is -0.210. The van der Waals surface area contributed by atoms with Crippen molar-refractivity contribution in [1.82, 2.24) is 0 Å². The highest BCUT2D eigenvalue weighted by molar-refractivity contribution is 9.11. The summed E-state index contributed by atoms with van der Waals surface area (Å²) in [5, 5.41) is 2.66. The van der Waals surface area contributed by atoms with Crippen molar-refractivity contribution < 1.29 is 9.59 Å². The second-order valence-electron chi connectivity index (χ2n) is 4.21. The Balaban J connectivity index is 2.27. The van der Waals surface area contributed by atoms with Gasteiger partial charge in [-0.15, -0.1) is 0 Å². The van der Waals surface area contributed by atoms with E-state index in [1.165, 1.54) is 6.92 Å². The highest BCUT2D eigenvalue weighted by Gasteiger charge is 2.12. The number of hydrogen-bond acceptors (Lipinski definition) is 2. The van der Waals surface area contributed by atoms with E-state index in [0.717, 1.165) is 8.95 Å². The Morgan fingerprint density at radius 1 is 1.00 bits per heavy atom. The molecule has 0 aromatic heterocycles. The van der Waals surface area contributed by atoms with E-state index in [2.05, 4.69) is 37.2 Å². The first-order valence-corrected chi connectivity index (χ1v) is 7.43. The zero-order valence-electron chi connectivity index (χ0n) is 10.6. The zero-order valence-corrected chi connectivity index (χ0v) is 13.8. The number of amides is 1. The molecule has 0 atom stereocenters. The molecule has 0 saturated carbocycles. The largest absolute Gasteiger partial charge is 0.326 e. The number of ketones is 1. The van der Waals surface area contributed by atoms with Crippen LogP contribution in [0, 0.1) is 0 Å². The molecule has 2 aromatic carbocycles. The standard InChI is InChI=1S/C15H11Br2NO2/c1-9(19)18-12-5-2-10(3-6-12)15(20)13-7-4-11(16)8-14(13)17/h2-8H,1H3,(H,18,19). The Labute approximate surface area is 133 Å². The first kappa shape index (κ1) is 14.9. The van der Waals surface area contributed by atoms with Gasteiger partial charge in [0, 0.05) is 32.7 Å². The molecule has 5 heteroatoms. The molecule has 1 N–H and O–H groups in total. The molecule has 20 heavy (non-hydrogen) atoms. The predicted octanol–water partition coefficient (Wildman–Crippen LogP) is 4.40. The summed E-state index contributed by atoms with van der Waals surface area (Å²) in [6.07, 6.45) is 0. The van der Waals surface area contributed by atoms with E-state index in [4.69, 9.17) is 0 Å². The quantitative estimate of drug-likeness (QED) is 0.781. The number of hydrogen-bond donors (Lipinski definition) is 1. The smallest absolute Gasteiger partial charge is 0.221 e. The van der Waals surface area contributed by atoms with Gasteiger partial charge in [-0.2, -0.15) is 0 Å². The Morgan fingerprint density at radius 2 is 1.65 bits per heavy atom. The van der Waals surface area contributed by atoms with Crippen molar-refractivity contribution in [2.75, 3.05) is 5.32 Å². The summed E-state index contributed by atoms with van der Waals surface area (Å²) in [6, 6.07) is 12.2. The molecule has 0 aliphatic heterocycles. The van der Waals surface area contributed by atoms with Gasteiger partial charge in [-0.3, -0.25) is 9.59 Å². The highest BCUT2D eigenvalue weighted by Crippen LogP contribution is 2.24. The molecule has 0 heterocycles. The van der Waals surface area contributed by atoms with E-state index in [-0.39, 0.29) is 11.7 Å². The van der Waals surface area contributed by atoms with E-state index in [9.17, 15) is 9.59 Å². The van der Waals surface area contributed by atoms with Crippen LogP contribution in [-0.2, 0) is 4.79 Å². The molecule has 0 radical (unpaired) electrons. The third-order valence-electron chi connectivity index (χ3n) is 2.64. The summed E-state index contributed by atoms with van der Waals surface area (Å²) >= 11 is 6.74. The molecule has 0 aliphatic carbocycles. The van der Waals surface area contributed by atoms with E-state index < -0.39 is 0 Å². The molecule has 0 aliphatic rings. The molecule has 0 saturated heterocycles. The summed E-state index contributed by atoms with van der Waals surface area (Å²) in [6.45, 7) is 1.44. The van der Waals surface area contributed by atoms with Crippen molar-refractivity contribution in [2.24, 2.45) is 0 Å². The van der Waals surface area contributed by atoms with Crippen LogP contribution in [0.3, 0.4) is 0 Å². The number of anilines is 1. The van der Waals surface area contributed by atoms with Crippen LogP contribution in [0.4, 0.5) is 5.69 Å². The van der Waals surface area contributed by atoms with E-state index in [1.54, 1.807) is 30.3 Å². The van der Waals surface area contributed by atoms with Crippen molar-refractivity contribution in [1.29, 1.82) is 0 Å². The average molecular weight is 397 g/mol. The molecular formula is C15H11Br2NO2. The number of nitrogens with one attached hydrogen (secondary N) is 1. The van der Waals surface area contributed by atoms with Gasteiger partial charge in [-0.05, 0) is 58.4 Å². The van der Waals surface area contributed by atoms with Crippen molar-refractivity contribution >= 4 is 49.2 Å². The minimum Gasteiger partial charge on any atom is -0.326 e. The molecule has 0 fully saturated rings. The fraction of sp³-hybridized carbons (Fsp3) is 0.0667. The van der Waals surface area contributed by atoms with Gasteiger partial charge in [0.1, 0.15) is 0 Å². The maximum Gasteiger partial charge on any atom is 0.221 e. The van der Waals surface area contributed by atoms with Gasteiger partial charge in [0.2, 0.25) is 5.91 Å². The SMILES string of the molecule is CC(=O)Nc1ccc(C(=O)c2ccc(Br)cc2Br)cc1. The number of benzene rings is 2. The zero-order chi connectivity index (χ0) is 14.7. The number of rotatable bonds is 3. The lowest BCUT2D eigenvalue weighted by molar-refractivity contribution is -0.114. The molecule has 102 valence electrons. The van der Waals surface area contributed by atoms with Crippen LogP contribution in [0.1, 0.15) is 22.8 Å². The number of halogens is 2. The van der Waals surface area contributed by atoms with Crippen LogP contribution >= 0.6 is 31.9 Å². The molecule has 0 spiro atoms. The van der Waals surface area contributed by atoms with Gasteiger partial charge in [-0.25, -0.2) is 0 Å². The van der Waals surface area contributed by atoms with E-state index >= 15 is 0 Å². The lowest BCUT2D eigenvalue weighted by Crippen LogP contribution is -2.06. The third kappa shape index (κ3) is 3.55. The molecule has 2 aromatic rings. The van der Waals surface area contributed by atoms with Crippen LogP contribution in [-0.4, -0.2) is 11.7 Å². The Hall–Kier alpha value is -1.46. The summed E-state index contributed by atoms with van der Waals surface area (Å²) < 4.78 is 1.64. The monoisotopic (exact) mass is 395 g/mol. The Kier molecular flexibility index (Phi) is 4.73. The predicted molar refractivity (Wildman–Crippen MR) is 86.0 cm³/mol. The second-order valence-corrected chi connectivity index (χ2v) is 5.98. The van der Waals surface area contributed by atoms with Crippen LogP contribution in [0.15, 0.2) is 51.4 Å². The minimum absolute atomic E-state index is 0.0706. The van der Waals surface area contributed by atoms with Gasteiger partial charge >= 0.3 is 0 Å². The van der Waals surface area contributed by atoms with Crippen molar-refractivity contribution in [3.05, 3.63) is 62.5 Å². The number of carbonyl (C=O) groups excluding carboxylic acids is 2. The van der Waals surface area contributed by atoms with E-state index in [0.29, 0.717) is 16.8 Å². The highest BCUT2D eigenvalue weighted by atomic mass is 79.9. The first-order chi connectivity index (χ1) is 9.47. The van der Waals surface area contributed by atoms with Crippen molar-refractivity contribution in [3.63, 3.8) is 0 Å². The van der Waals surface area contributed by atoms with Crippen LogP contribution < -0.4 is 5.32 Å². The minimum atomic E-state index is -0.139. The van der Waals surface area contributed by atoms with Crippen LogP contribution in [0.5, 0.6) is 0 Å². The summed E-state index contributed by atoms with van der Waals surface area (Å²) in [5.41, 5.74) is 1.84. The van der Waals surface area contributed by atoms with Gasteiger partial charge in [-0.1, -0.05) is 15.9 Å².